The molecule has 0 saturated carbocycles. The smallest absolute Gasteiger partial charge is 0.159 e. The maximum absolute atomic E-state index is 6.62. The van der Waals surface area contributed by atoms with Crippen LogP contribution < -0.4 is 0 Å². The molecule has 0 bridgehead atoms. The van der Waals surface area contributed by atoms with Crippen LogP contribution in [0, 0.1) is 0 Å². The average Bonchev–Trinajstić information content (AvgIpc) is 3.65. The minimum Gasteiger partial charge on any atom is -0.454 e. The van der Waals surface area contributed by atoms with Crippen LogP contribution in [0.2, 0.25) is 0 Å². The van der Waals surface area contributed by atoms with E-state index in [4.69, 9.17) is 4.42 Å². The SMILES string of the molecule is c1ccc2c(c1)oc1c(-n3c4ccccc4c4ccccc43)cc(-n3c4ccccc4c4ccccc43)cc12. The minimum absolute atomic E-state index is 0.896. The van der Waals surface area contributed by atoms with Gasteiger partial charge in [-0.3, -0.25) is 0 Å². The Balaban J connectivity index is 1.50. The number of benzene rings is 6. The number of rotatable bonds is 2. The van der Waals surface area contributed by atoms with Crippen molar-refractivity contribution < 1.29 is 4.42 Å². The van der Waals surface area contributed by atoms with Crippen LogP contribution in [0.15, 0.2) is 138 Å². The zero-order chi connectivity index (χ0) is 25.5. The molecular weight excluding hydrogens is 476 g/mol. The van der Waals surface area contributed by atoms with Crippen molar-refractivity contribution in [2.24, 2.45) is 0 Å². The fourth-order valence-electron chi connectivity index (χ4n) is 6.47. The summed E-state index contributed by atoms with van der Waals surface area (Å²) in [6.07, 6.45) is 0. The van der Waals surface area contributed by atoms with Crippen LogP contribution in [-0.2, 0) is 0 Å². The lowest BCUT2D eigenvalue weighted by atomic mass is 10.1. The molecule has 0 atom stereocenters. The van der Waals surface area contributed by atoms with Crippen LogP contribution in [0.4, 0.5) is 0 Å². The number of furan rings is 1. The van der Waals surface area contributed by atoms with Crippen LogP contribution in [0.5, 0.6) is 0 Å². The van der Waals surface area contributed by atoms with Crippen LogP contribution in [-0.4, -0.2) is 9.13 Å². The fourth-order valence-corrected chi connectivity index (χ4v) is 6.47. The van der Waals surface area contributed by atoms with E-state index < -0.39 is 0 Å². The molecule has 0 aliphatic carbocycles. The van der Waals surface area contributed by atoms with E-state index >= 15 is 0 Å². The predicted molar refractivity (Wildman–Crippen MR) is 162 cm³/mol. The summed E-state index contributed by atoms with van der Waals surface area (Å²) in [5.41, 5.74) is 8.67. The van der Waals surface area contributed by atoms with Gasteiger partial charge in [-0.15, -0.1) is 0 Å². The molecule has 3 heterocycles. The number of fused-ring (bicyclic) bond motifs is 9. The molecule has 9 aromatic rings. The predicted octanol–water partition coefficient (Wildman–Crippen LogP) is 9.78. The molecule has 3 aromatic heterocycles. The van der Waals surface area contributed by atoms with Crippen LogP contribution in [0.25, 0.3) is 76.9 Å². The van der Waals surface area contributed by atoms with Crippen molar-refractivity contribution in [1.82, 2.24) is 9.13 Å². The normalized spacial score (nSPS) is 12.1. The van der Waals surface area contributed by atoms with E-state index in [2.05, 4.69) is 137 Å². The zero-order valence-electron chi connectivity index (χ0n) is 21.0. The molecule has 6 aromatic carbocycles. The zero-order valence-corrected chi connectivity index (χ0v) is 21.0. The number of aromatic nitrogens is 2. The van der Waals surface area contributed by atoms with Gasteiger partial charge in [0, 0.05) is 38.0 Å². The van der Waals surface area contributed by atoms with Crippen LogP contribution in [0.3, 0.4) is 0 Å². The largest absolute Gasteiger partial charge is 0.454 e. The molecule has 3 nitrogen and oxygen atoms in total. The maximum Gasteiger partial charge on any atom is 0.159 e. The van der Waals surface area contributed by atoms with Gasteiger partial charge in [0.05, 0.1) is 27.8 Å². The molecule has 0 spiro atoms. The molecule has 9 rings (SSSR count). The summed E-state index contributed by atoms with van der Waals surface area (Å²) in [6.45, 7) is 0. The van der Waals surface area contributed by atoms with Crippen LogP contribution >= 0.6 is 0 Å². The van der Waals surface area contributed by atoms with Crippen molar-refractivity contribution in [2.75, 3.05) is 0 Å². The molecule has 182 valence electrons. The Hall–Kier alpha value is -5.28. The first-order valence-corrected chi connectivity index (χ1v) is 13.3. The first kappa shape index (κ1) is 20.7. The van der Waals surface area contributed by atoms with Crippen LogP contribution in [0.1, 0.15) is 0 Å². The standard InChI is InChI=1S/C36H22N2O/c1-6-16-30-24(11-1)25-12-2-7-17-31(25)37(30)23-21-29-28-15-5-10-20-35(28)39-36(29)34(22-23)38-32-18-8-3-13-26(32)27-14-4-9-19-33(27)38/h1-22H. The molecule has 0 radical (unpaired) electrons. The summed E-state index contributed by atoms with van der Waals surface area (Å²) >= 11 is 0. The summed E-state index contributed by atoms with van der Waals surface area (Å²) in [5.74, 6) is 0. The van der Waals surface area contributed by atoms with Crippen molar-refractivity contribution >= 4 is 65.6 Å². The molecule has 0 N–H and O–H groups in total. The van der Waals surface area contributed by atoms with Crippen molar-refractivity contribution in [2.45, 2.75) is 0 Å². The summed E-state index contributed by atoms with van der Waals surface area (Å²) < 4.78 is 11.4. The van der Waals surface area contributed by atoms with E-state index in [-0.39, 0.29) is 0 Å². The summed E-state index contributed by atoms with van der Waals surface area (Å²) in [4.78, 5) is 0. The van der Waals surface area contributed by atoms with E-state index in [0.717, 1.165) is 33.3 Å². The fraction of sp³-hybridized carbons (Fsp3) is 0. The highest BCUT2D eigenvalue weighted by atomic mass is 16.3. The summed E-state index contributed by atoms with van der Waals surface area (Å²) in [5, 5.41) is 7.21. The van der Waals surface area contributed by atoms with E-state index in [1.54, 1.807) is 0 Å². The van der Waals surface area contributed by atoms with Gasteiger partial charge in [0.25, 0.3) is 0 Å². The van der Waals surface area contributed by atoms with Gasteiger partial charge in [0.2, 0.25) is 0 Å². The monoisotopic (exact) mass is 498 g/mol. The van der Waals surface area contributed by atoms with Gasteiger partial charge in [-0.1, -0.05) is 91.0 Å². The number of hydrogen-bond acceptors (Lipinski definition) is 1. The highest BCUT2D eigenvalue weighted by Crippen LogP contribution is 2.41. The maximum atomic E-state index is 6.62. The summed E-state index contributed by atoms with van der Waals surface area (Å²) in [7, 11) is 0. The quantitative estimate of drug-likeness (QED) is 0.233. The van der Waals surface area contributed by atoms with E-state index in [1.807, 2.05) is 6.07 Å². The summed E-state index contributed by atoms with van der Waals surface area (Å²) in [6, 6.07) is 47.6. The Morgan fingerprint density at radius 1 is 0.385 bits per heavy atom. The first-order chi connectivity index (χ1) is 19.4. The van der Waals surface area contributed by atoms with Gasteiger partial charge in [0.15, 0.2) is 5.58 Å². The third kappa shape index (κ3) is 2.76. The lowest BCUT2D eigenvalue weighted by Crippen LogP contribution is -1.99. The number of para-hydroxylation sites is 5. The van der Waals surface area contributed by atoms with Gasteiger partial charge in [0.1, 0.15) is 5.58 Å². The third-order valence-electron chi connectivity index (χ3n) is 8.10. The lowest BCUT2D eigenvalue weighted by molar-refractivity contribution is 0.666. The van der Waals surface area contributed by atoms with Crippen molar-refractivity contribution in [3.63, 3.8) is 0 Å². The first-order valence-electron chi connectivity index (χ1n) is 13.3. The van der Waals surface area contributed by atoms with E-state index in [0.29, 0.717) is 0 Å². The topological polar surface area (TPSA) is 23.0 Å². The highest BCUT2D eigenvalue weighted by Gasteiger charge is 2.20. The van der Waals surface area contributed by atoms with E-state index in [9.17, 15) is 0 Å². The van der Waals surface area contributed by atoms with Crippen molar-refractivity contribution in [1.29, 1.82) is 0 Å². The molecule has 0 saturated heterocycles. The molecule has 0 unspecified atom stereocenters. The molecule has 0 fully saturated rings. The van der Waals surface area contributed by atoms with Gasteiger partial charge < -0.3 is 13.6 Å². The molecule has 0 aliphatic rings. The number of nitrogens with zero attached hydrogens (tertiary/aromatic N) is 2. The second kappa shape index (κ2) is 7.62. The third-order valence-corrected chi connectivity index (χ3v) is 8.10. The van der Waals surface area contributed by atoms with Gasteiger partial charge in [-0.25, -0.2) is 0 Å². The number of hydrogen-bond donors (Lipinski definition) is 0. The van der Waals surface area contributed by atoms with E-state index in [1.165, 1.54) is 43.6 Å². The molecular formula is C36H22N2O. The lowest BCUT2D eigenvalue weighted by Gasteiger charge is -2.14. The Labute approximate surface area is 223 Å². The highest BCUT2D eigenvalue weighted by molar-refractivity contribution is 6.14. The van der Waals surface area contributed by atoms with Gasteiger partial charge in [-0.05, 0) is 42.5 Å². The minimum atomic E-state index is 0.896. The molecule has 39 heavy (non-hydrogen) atoms. The van der Waals surface area contributed by atoms with Crippen molar-refractivity contribution in [3.05, 3.63) is 133 Å². The second-order valence-electron chi connectivity index (χ2n) is 10.2. The van der Waals surface area contributed by atoms with Crippen molar-refractivity contribution in [3.8, 4) is 11.4 Å². The van der Waals surface area contributed by atoms with Gasteiger partial charge >= 0.3 is 0 Å². The Bertz CT molecular complexity index is 2290. The Morgan fingerprint density at radius 3 is 1.36 bits per heavy atom. The Kier molecular flexibility index (Phi) is 4.05. The molecule has 0 aliphatic heterocycles. The Morgan fingerprint density at radius 2 is 0.821 bits per heavy atom. The molecule has 3 heteroatoms. The second-order valence-corrected chi connectivity index (χ2v) is 10.2. The molecule has 0 amide bonds. The van der Waals surface area contributed by atoms with Gasteiger partial charge in [-0.2, -0.15) is 0 Å². The average molecular weight is 499 g/mol.